The molecule has 0 amide bonds. The van der Waals surface area contributed by atoms with Crippen LogP contribution in [0.15, 0.2) is 0 Å². The molecule has 1 aliphatic heterocycles. The number of hydrogen-bond donors (Lipinski definition) is 1. The predicted molar refractivity (Wildman–Crippen MR) is 58.5 cm³/mol. The third-order valence-corrected chi connectivity index (χ3v) is 3.37. The Labute approximate surface area is 90.4 Å². The van der Waals surface area contributed by atoms with E-state index in [9.17, 15) is 0 Å². The Hall–Kier alpha value is -0.870. The van der Waals surface area contributed by atoms with Gasteiger partial charge in [0.25, 0.3) is 0 Å². The minimum atomic E-state index is 0.156. The molecule has 0 spiro atoms. The number of nitrogens with zero attached hydrogens (tertiary/aromatic N) is 2. The van der Waals surface area contributed by atoms with Crippen LogP contribution in [-0.2, 0) is 11.8 Å². The molecule has 0 unspecified atom stereocenters. The molecule has 2 rings (SSSR count). The zero-order valence-electron chi connectivity index (χ0n) is 9.66. The van der Waals surface area contributed by atoms with Gasteiger partial charge in [0.2, 0.25) is 0 Å². The Morgan fingerprint density at radius 1 is 1.53 bits per heavy atom. The van der Waals surface area contributed by atoms with Crippen molar-refractivity contribution in [1.29, 1.82) is 0 Å². The molecule has 0 aromatic carbocycles. The molecule has 15 heavy (non-hydrogen) atoms. The van der Waals surface area contributed by atoms with Crippen LogP contribution in [-0.4, -0.2) is 22.9 Å². The van der Waals surface area contributed by atoms with Crippen molar-refractivity contribution < 1.29 is 4.74 Å². The van der Waals surface area contributed by atoms with E-state index < -0.39 is 0 Å². The minimum Gasteiger partial charge on any atom is -0.373 e. The molecular weight excluding hydrogens is 190 g/mol. The average molecular weight is 209 g/mol. The standard InChI is InChI=1S/C11H19N3O/c1-7-10(8(2)14(3)13-7)11-9(6-12)4-5-15-11/h9,11H,4-6,12H2,1-3H3/t9-,11-/m0/s1. The van der Waals surface area contributed by atoms with Gasteiger partial charge in [0.15, 0.2) is 0 Å². The van der Waals surface area contributed by atoms with Crippen molar-refractivity contribution in [3.05, 3.63) is 17.0 Å². The lowest BCUT2D eigenvalue weighted by Crippen LogP contribution is -2.18. The van der Waals surface area contributed by atoms with Crippen molar-refractivity contribution in [3.63, 3.8) is 0 Å². The smallest absolute Gasteiger partial charge is 0.0901 e. The first kappa shape index (κ1) is 10.6. The van der Waals surface area contributed by atoms with Crippen molar-refractivity contribution in [1.82, 2.24) is 9.78 Å². The second-order valence-electron chi connectivity index (χ2n) is 4.28. The van der Waals surface area contributed by atoms with Crippen LogP contribution in [0.1, 0.15) is 29.5 Å². The number of hydrogen-bond acceptors (Lipinski definition) is 3. The summed E-state index contributed by atoms with van der Waals surface area (Å²) in [5.74, 6) is 0.451. The highest BCUT2D eigenvalue weighted by Gasteiger charge is 2.32. The van der Waals surface area contributed by atoms with Crippen molar-refractivity contribution in [2.75, 3.05) is 13.2 Å². The molecule has 2 atom stereocenters. The van der Waals surface area contributed by atoms with E-state index in [2.05, 4.69) is 12.0 Å². The largest absolute Gasteiger partial charge is 0.373 e. The summed E-state index contributed by atoms with van der Waals surface area (Å²) in [6, 6.07) is 0. The van der Waals surface area contributed by atoms with E-state index in [-0.39, 0.29) is 6.10 Å². The average Bonchev–Trinajstić information content (AvgIpc) is 2.73. The van der Waals surface area contributed by atoms with Crippen LogP contribution < -0.4 is 5.73 Å². The summed E-state index contributed by atoms with van der Waals surface area (Å²) >= 11 is 0. The second-order valence-corrected chi connectivity index (χ2v) is 4.28. The van der Waals surface area contributed by atoms with Crippen LogP contribution in [0, 0.1) is 19.8 Å². The van der Waals surface area contributed by atoms with Crippen LogP contribution in [0.2, 0.25) is 0 Å². The molecule has 1 fully saturated rings. The maximum absolute atomic E-state index is 5.78. The highest BCUT2D eigenvalue weighted by molar-refractivity contribution is 5.28. The van der Waals surface area contributed by atoms with Crippen LogP contribution in [0.25, 0.3) is 0 Å². The van der Waals surface area contributed by atoms with Gasteiger partial charge in [-0.05, 0) is 26.8 Å². The second kappa shape index (κ2) is 3.94. The molecule has 0 aliphatic carbocycles. The molecule has 4 heteroatoms. The summed E-state index contributed by atoms with van der Waals surface area (Å²) in [6.07, 6.45) is 1.22. The van der Waals surface area contributed by atoms with Gasteiger partial charge in [-0.2, -0.15) is 5.10 Å². The first-order chi connectivity index (χ1) is 7.15. The normalized spacial score (nSPS) is 26.1. The number of aryl methyl sites for hydroxylation is 2. The SMILES string of the molecule is Cc1nn(C)c(C)c1[C@H]1OCC[C@H]1CN. The fourth-order valence-corrected chi connectivity index (χ4v) is 2.40. The highest BCUT2D eigenvalue weighted by Crippen LogP contribution is 2.36. The summed E-state index contributed by atoms with van der Waals surface area (Å²) < 4.78 is 7.70. The predicted octanol–water partition coefficient (Wildman–Crippen LogP) is 1.07. The van der Waals surface area contributed by atoms with Gasteiger partial charge in [0.05, 0.1) is 11.8 Å². The first-order valence-corrected chi connectivity index (χ1v) is 5.47. The van der Waals surface area contributed by atoms with E-state index in [4.69, 9.17) is 10.5 Å². The molecule has 1 aromatic rings. The number of nitrogens with two attached hydrogens (primary N) is 1. The number of rotatable bonds is 2. The fraction of sp³-hybridized carbons (Fsp3) is 0.727. The van der Waals surface area contributed by atoms with Gasteiger partial charge < -0.3 is 10.5 Å². The Kier molecular flexibility index (Phi) is 2.80. The van der Waals surface area contributed by atoms with E-state index >= 15 is 0 Å². The molecule has 84 valence electrons. The molecule has 0 saturated carbocycles. The fourth-order valence-electron chi connectivity index (χ4n) is 2.40. The maximum atomic E-state index is 5.78. The topological polar surface area (TPSA) is 53.1 Å². The van der Waals surface area contributed by atoms with E-state index in [1.165, 1.54) is 11.3 Å². The van der Waals surface area contributed by atoms with Crippen LogP contribution >= 0.6 is 0 Å². The van der Waals surface area contributed by atoms with E-state index in [0.29, 0.717) is 12.5 Å². The lowest BCUT2D eigenvalue weighted by atomic mass is 9.94. The molecular formula is C11H19N3O. The van der Waals surface area contributed by atoms with Crippen LogP contribution in [0.3, 0.4) is 0 Å². The molecule has 1 saturated heterocycles. The maximum Gasteiger partial charge on any atom is 0.0901 e. The van der Waals surface area contributed by atoms with E-state index in [1.807, 2.05) is 18.7 Å². The number of ether oxygens (including phenoxy) is 1. The Balaban J connectivity index is 2.36. The lowest BCUT2D eigenvalue weighted by molar-refractivity contribution is 0.0914. The van der Waals surface area contributed by atoms with Gasteiger partial charge in [0, 0.05) is 30.8 Å². The highest BCUT2D eigenvalue weighted by atomic mass is 16.5. The summed E-state index contributed by atoms with van der Waals surface area (Å²) in [6.45, 7) is 5.64. The third kappa shape index (κ3) is 1.68. The summed E-state index contributed by atoms with van der Waals surface area (Å²) in [4.78, 5) is 0. The van der Waals surface area contributed by atoms with Crippen molar-refractivity contribution in [3.8, 4) is 0 Å². The van der Waals surface area contributed by atoms with Crippen LogP contribution in [0.4, 0.5) is 0 Å². The Morgan fingerprint density at radius 2 is 2.27 bits per heavy atom. The Bertz CT molecular complexity index is 359. The van der Waals surface area contributed by atoms with E-state index in [1.54, 1.807) is 0 Å². The quantitative estimate of drug-likeness (QED) is 0.792. The van der Waals surface area contributed by atoms with Crippen molar-refractivity contribution >= 4 is 0 Å². The molecule has 1 aliphatic rings. The Morgan fingerprint density at radius 3 is 2.80 bits per heavy atom. The minimum absolute atomic E-state index is 0.156. The van der Waals surface area contributed by atoms with Gasteiger partial charge >= 0.3 is 0 Å². The van der Waals surface area contributed by atoms with Crippen molar-refractivity contribution in [2.24, 2.45) is 18.7 Å². The summed E-state index contributed by atoms with van der Waals surface area (Å²) in [5, 5.41) is 4.42. The van der Waals surface area contributed by atoms with Gasteiger partial charge in [-0.3, -0.25) is 4.68 Å². The zero-order chi connectivity index (χ0) is 11.0. The monoisotopic (exact) mass is 209 g/mol. The lowest BCUT2D eigenvalue weighted by Gasteiger charge is -2.17. The van der Waals surface area contributed by atoms with Crippen molar-refractivity contribution in [2.45, 2.75) is 26.4 Å². The third-order valence-electron chi connectivity index (χ3n) is 3.37. The van der Waals surface area contributed by atoms with Gasteiger partial charge in [-0.15, -0.1) is 0 Å². The molecule has 0 radical (unpaired) electrons. The van der Waals surface area contributed by atoms with Gasteiger partial charge in [-0.25, -0.2) is 0 Å². The van der Waals surface area contributed by atoms with E-state index in [0.717, 1.165) is 18.7 Å². The van der Waals surface area contributed by atoms with Gasteiger partial charge in [0.1, 0.15) is 0 Å². The first-order valence-electron chi connectivity index (χ1n) is 5.47. The molecule has 4 nitrogen and oxygen atoms in total. The molecule has 2 N–H and O–H groups in total. The van der Waals surface area contributed by atoms with Gasteiger partial charge in [-0.1, -0.05) is 0 Å². The zero-order valence-corrected chi connectivity index (χ0v) is 9.66. The molecule has 1 aromatic heterocycles. The van der Waals surface area contributed by atoms with Crippen LogP contribution in [0.5, 0.6) is 0 Å². The number of aromatic nitrogens is 2. The summed E-state index contributed by atoms with van der Waals surface area (Å²) in [7, 11) is 1.97. The molecule has 0 bridgehead atoms. The molecule has 2 heterocycles. The summed E-state index contributed by atoms with van der Waals surface area (Å²) in [5.41, 5.74) is 9.26.